The van der Waals surface area contributed by atoms with E-state index in [2.05, 4.69) is 15.0 Å². The summed E-state index contributed by atoms with van der Waals surface area (Å²) in [6.07, 6.45) is 3.31. The van der Waals surface area contributed by atoms with Crippen molar-refractivity contribution in [1.82, 2.24) is 9.97 Å². The molecule has 18 heavy (non-hydrogen) atoms. The Morgan fingerprint density at radius 2 is 1.89 bits per heavy atom. The Morgan fingerprint density at radius 3 is 2.67 bits per heavy atom. The van der Waals surface area contributed by atoms with Crippen LogP contribution in [0.3, 0.4) is 0 Å². The van der Waals surface area contributed by atoms with Crippen LogP contribution < -0.4 is 5.73 Å². The summed E-state index contributed by atoms with van der Waals surface area (Å²) in [5.74, 6) is 0.351. The van der Waals surface area contributed by atoms with Crippen LogP contribution in [0.25, 0.3) is 11.1 Å². The summed E-state index contributed by atoms with van der Waals surface area (Å²) in [6, 6.07) is 11.3. The van der Waals surface area contributed by atoms with E-state index in [0.29, 0.717) is 11.4 Å². The standard InChI is InChI=1S/C13H10N4O/c14-12(9-5-7-15-8-6-9)17-13-16-10-3-1-2-4-11(10)18-13/h1-8H,(H2,14,16,17). The van der Waals surface area contributed by atoms with Gasteiger partial charge >= 0.3 is 6.01 Å². The third-order valence-electron chi connectivity index (χ3n) is 2.47. The molecule has 0 bridgehead atoms. The molecule has 1 aromatic carbocycles. The van der Waals surface area contributed by atoms with Crippen LogP contribution in [0.4, 0.5) is 6.01 Å². The van der Waals surface area contributed by atoms with Gasteiger partial charge in [-0.1, -0.05) is 12.1 Å². The molecular formula is C13H10N4O. The van der Waals surface area contributed by atoms with Crippen LogP contribution in [-0.4, -0.2) is 15.8 Å². The molecule has 2 heterocycles. The van der Waals surface area contributed by atoms with Gasteiger partial charge in [0.05, 0.1) is 0 Å². The molecule has 5 nitrogen and oxygen atoms in total. The number of oxazole rings is 1. The first-order chi connectivity index (χ1) is 8.83. The number of nitrogens with zero attached hydrogens (tertiary/aromatic N) is 3. The summed E-state index contributed by atoms with van der Waals surface area (Å²) in [5.41, 5.74) is 8.11. The highest BCUT2D eigenvalue weighted by atomic mass is 16.4. The van der Waals surface area contributed by atoms with Gasteiger partial charge in [-0.25, -0.2) is 0 Å². The molecule has 0 spiro atoms. The maximum absolute atomic E-state index is 5.87. The normalized spacial score (nSPS) is 11.9. The van der Waals surface area contributed by atoms with E-state index in [-0.39, 0.29) is 6.01 Å². The number of nitrogens with two attached hydrogens (primary N) is 1. The average Bonchev–Trinajstić information content (AvgIpc) is 2.82. The van der Waals surface area contributed by atoms with E-state index < -0.39 is 0 Å². The number of para-hydroxylation sites is 2. The molecule has 0 saturated heterocycles. The summed E-state index contributed by atoms with van der Waals surface area (Å²) < 4.78 is 5.47. The Kier molecular flexibility index (Phi) is 2.49. The number of aliphatic imine (C=N–C) groups is 1. The number of hydrogen-bond acceptors (Lipinski definition) is 4. The second kappa shape index (κ2) is 4.29. The number of aromatic nitrogens is 2. The van der Waals surface area contributed by atoms with Crippen LogP contribution in [-0.2, 0) is 0 Å². The van der Waals surface area contributed by atoms with Gasteiger partial charge in [0.2, 0.25) is 0 Å². The van der Waals surface area contributed by atoms with E-state index >= 15 is 0 Å². The molecule has 3 aromatic rings. The van der Waals surface area contributed by atoms with Gasteiger partial charge in [-0.15, -0.1) is 0 Å². The fourth-order valence-electron chi connectivity index (χ4n) is 1.60. The highest BCUT2D eigenvalue weighted by Crippen LogP contribution is 2.20. The van der Waals surface area contributed by atoms with E-state index in [9.17, 15) is 0 Å². The second-order valence-electron chi connectivity index (χ2n) is 3.70. The number of amidine groups is 1. The molecule has 2 aromatic heterocycles. The number of hydrogen-bond donors (Lipinski definition) is 1. The molecular weight excluding hydrogens is 228 g/mol. The molecule has 2 N–H and O–H groups in total. The van der Waals surface area contributed by atoms with Gasteiger partial charge in [0, 0.05) is 18.0 Å². The zero-order valence-corrected chi connectivity index (χ0v) is 9.45. The Morgan fingerprint density at radius 1 is 1.11 bits per heavy atom. The van der Waals surface area contributed by atoms with Crippen molar-refractivity contribution in [3.8, 4) is 0 Å². The lowest BCUT2D eigenvalue weighted by atomic mass is 10.2. The molecule has 3 rings (SSSR count). The van der Waals surface area contributed by atoms with Crippen molar-refractivity contribution in [1.29, 1.82) is 0 Å². The summed E-state index contributed by atoms with van der Waals surface area (Å²) in [5, 5.41) is 0. The van der Waals surface area contributed by atoms with E-state index in [1.807, 2.05) is 24.3 Å². The van der Waals surface area contributed by atoms with Gasteiger partial charge in [0.1, 0.15) is 11.4 Å². The Hall–Kier alpha value is -2.69. The first-order valence-corrected chi connectivity index (χ1v) is 5.43. The highest BCUT2D eigenvalue weighted by Gasteiger charge is 2.05. The summed E-state index contributed by atoms with van der Waals surface area (Å²) in [6.45, 7) is 0. The van der Waals surface area contributed by atoms with Gasteiger partial charge in [-0.3, -0.25) is 4.98 Å². The quantitative estimate of drug-likeness (QED) is 0.548. The summed E-state index contributed by atoms with van der Waals surface area (Å²) in [7, 11) is 0. The molecule has 0 atom stereocenters. The number of benzene rings is 1. The first kappa shape index (κ1) is 10.5. The average molecular weight is 238 g/mol. The first-order valence-electron chi connectivity index (χ1n) is 5.43. The molecule has 0 amide bonds. The lowest BCUT2D eigenvalue weighted by molar-refractivity contribution is 0.613. The van der Waals surface area contributed by atoms with Crippen molar-refractivity contribution < 1.29 is 4.42 Å². The molecule has 0 radical (unpaired) electrons. The van der Waals surface area contributed by atoms with Gasteiger partial charge in [0.15, 0.2) is 5.58 Å². The van der Waals surface area contributed by atoms with Gasteiger partial charge in [-0.05, 0) is 24.3 Å². The zero-order chi connectivity index (χ0) is 12.4. The van der Waals surface area contributed by atoms with Crippen LogP contribution in [0.15, 0.2) is 58.2 Å². The van der Waals surface area contributed by atoms with Crippen molar-refractivity contribution in [2.45, 2.75) is 0 Å². The Bertz CT molecular complexity index is 670. The lowest BCUT2D eigenvalue weighted by Gasteiger charge is -1.96. The molecule has 0 aliphatic rings. The minimum atomic E-state index is 0.255. The van der Waals surface area contributed by atoms with E-state index in [4.69, 9.17) is 10.2 Å². The summed E-state index contributed by atoms with van der Waals surface area (Å²) >= 11 is 0. The third-order valence-corrected chi connectivity index (χ3v) is 2.47. The molecule has 0 aliphatic carbocycles. The SMILES string of the molecule is N/C(=N\c1nc2ccccc2o1)c1ccncc1. The van der Waals surface area contributed by atoms with Crippen LogP contribution in [0.2, 0.25) is 0 Å². The van der Waals surface area contributed by atoms with Gasteiger partial charge in [-0.2, -0.15) is 9.98 Å². The third kappa shape index (κ3) is 1.93. The molecule has 0 fully saturated rings. The monoisotopic (exact) mass is 238 g/mol. The molecule has 0 unspecified atom stereocenters. The van der Waals surface area contributed by atoms with E-state index in [1.54, 1.807) is 24.5 Å². The minimum Gasteiger partial charge on any atom is -0.422 e. The Labute approximate surface area is 103 Å². The minimum absolute atomic E-state index is 0.255. The van der Waals surface area contributed by atoms with E-state index in [1.165, 1.54) is 0 Å². The molecule has 0 saturated carbocycles. The number of rotatable bonds is 2. The maximum Gasteiger partial charge on any atom is 0.324 e. The van der Waals surface area contributed by atoms with Crippen molar-refractivity contribution in [2.75, 3.05) is 0 Å². The molecule has 0 aliphatic heterocycles. The van der Waals surface area contributed by atoms with Crippen LogP contribution in [0, 0.1) is 0 Å². The van der Waals surface area contributed by atoms with Crippen LogP contribution >= 0.6 is 0 Å². The van der Waals surface area contributed by atoms with Crippen molar-refractivity contribution in [3.63, 3.8) is 0 Å². The zero-order valence-electron chi connectivity index (χ0n) is 9.45. The maximum atomic E-state index is 5.87. The largest absolute Gasteiger partial charge is 0.422 e. The van der Waals surface area contributed by atoms with Crippen LogP contribution in [0.1, 0.15) is 5.56 Å². The van der Waals surface area contributed by atoms with Crippen molar-refractivity contribution in [2.24, 2.45) is 10.7 Å². The van der Waals surface area contributed by atoms with Crippen LogP contribution in [0.5, 0.6) is 0 Å². The van der Waals surface area contributed by atoms with Gasteiger partial charge < -0.3 is 10.2 Å². The second-order valence-corrected chi connectivity index (χ2v) is 3.70. The fourth-order valence-corrected chi connectivity index (χ4v) is 1.60. The smallest absolute Gasteiger partial charge is 0.324 e. The van der Waals surface area contributed by atoms with E-state index in [0.717, 1.165) is 11.1 Å². The fraction of sp³-hybridized carbons (Fsp3) is 0. The lowest BCUT2D eigenvalue weighted by Crippen LogP contribution is -2.12. The topological polar surface area (TPSA) is 77.3 Å². The predicted molar refractivity (Wildman–Crippen MR) is 68.6 cm³/mol. The highest BCUT2D eigenvalue weighted by molar-refractivity contribution is 5.98. The van der Waals surface area contributed by atoms with Crippen molar-refractivity contribution in [3.05, 3.63) is 54.4 Å². The number of pyridine rings is 1. The summed E-state index contributed by atoms with van der Waals surface area (Å²) in [4.78, 5) is 12.3. The predicted octanol–water partition coefficient (Wildman–Crippen LogP) is 2.26. The molecule has 5 heteroatoms. The Balaban J connectivity index is 2.00. The van der Waals surface area contributed by atoms with Crippen molar-refractivity contribution >= 4 is 22.9 Å². The molecule has 88 valence electrons. The number of fused-ring (bicyclic) bond motifs is 1. The van der Waals surface area contributed by atoms with Gasteiger partial charge in [0.25, 0.3) is 0 Å².